The maximum absolute atomic E-state index is 11.5. The Morgan fingerprint density at radius 3 is 2.45 bits per heavy atom. The molecule has 0 atom stereocenters. The van der Waals surface area contributed by atoms with Crippen LogP contribution in [0.1, 0.15) is 64.7 Å². The Kier molecular flexibility index (Phi) is 14.5. The Balaban J connectivity index is 3.28. The maximum Gasteiger partial charge on any atom is 0.408 e. The molecule has 0 saturated carbocycles. The average molecular weight is 311 g/mol. The molecule has 0 fully saturated rings. The van der Waals surface area contributed by atoms with E-state index in [2.05, 4.69) is 22.9 Å². The zero-order valence-corrected chi connectivity index (χ0v) is 13.7. The third kappa shape index (κ3) is 14.7. The van der Waals surface area contributed by atoms with E-state index >= 15 is 0 Å². The summed E-state index contributed by atoms with van der Waals surface area (Å²) < 4.78 is 9.82. The van der Waals surface area contributed by atoms with Crippen LogP contribution in [-0.4, -0.2) is 31.8 Å². The highest BCUT2D eigenvalue weighted by molar-refractivity contribution is 5.69. The molecule has 0 spiro atoms. The summed E-state index contributed by atoms with van der Waals surface area (Å²) in [7, 11) is 0. The predicted octanol–water partition coefficient (Wildman–Crippen LogP) is 3.42. The molecule has 0 aliphatic rings. The van der Waals surface area contributed by atoms with Gasteiger partial charge < -0.3 is 14.8 Å². The van der Waals surface area contributed by atoms with Crippen molar-refractivity contribution in [1.29, 1.82) is 0 Å². The number of unbranched alkanes of at least 4 members (excludes halogenated alkanes) is 6. The number of terminal acetylenes is 1. The Labute approximate surface area is 134 Å². The smallest absolute Gasteiger partial charge is 0.408 e. The molecule has 0 aliphatic heterocycles. The van der Waals surface area contributed by atoms with E-state index in [0.717, 1.165) is 32.1 Å². The second kappa shape index (κ2) is 15.7. The first-order valence-electron chi connectivity index (χ1n) is 8.20. The van der Waals surface area contributed by atoms with Gasteiger partial charge in [0.05, 0.1) is 6.61 Å². The number of carbonyl (C=O) groups is 2. The molecule has 0 aliphatic carbocycles. The summed E-state index contributed by atoms with van der Waals surface area (Å²) in [4.78, 5) is 22.5. The monoisotopic (exact) mass is 311 g/mol. The lowest BCUT2D eigenvalue weighted by Crippen LogP contribution is -2.25. The van der Waals surface area contributed by atoms with Crippen molar-refractivity contribution in [3.05, 3.63) is 0 Å². The third-order valence-corrected chi connectivity index (χ3v) is 3.12. The summed E-state index contributed by atoms with van der Waals surface area (Å²) in [5, 5.41) is 2.59. The number of alkyl carbamates (subject to hydrolysis) is 1. The Morgan fingerprint density at radius 1 is 1.00 bits per heavy atom. The van der Waals surface area contributed by atoms with Gasteiger partial charge in [0.2, 0.25) is 0 Å². The van der Waals surface area contributed by atoms with Gasteiger partial charge in [-0.1, -0.05) is 44.9 Å². The third-order valence-electron chi connectivity index (χ3n) is 3.12. The second-order valence-corrected chi connectivity index (χ2v) is 5.15. The number of nitrogens with one attached hydrogen (secondary N) is 1. The normalized spacial score (nSPS) is 9.82. The molecule has 1 amide bonds. The second-order valence-electron chi connectivity index (χ2n) is 5.15. The molecule has 126 valence electrons. The number of carbonyl (C=O) groups excluding carboxylic acids is 2. The molecule has 0 aromatic carbocycles. The minimum absolute atomic E-state index is 0.0177. The number of amides is 1. The predicted molar refractivity (Wildman–Crippen MR) is 86.4 cm³/mol. The summed E-state index contributed by atoms with van der Waals surface area (Å²) in [6.07, 6.45) is 13.1. The molecule has 0 saturated heterocycles. The first-order valence-corrected chi connectivity index (χ1v) is 8.20. The molecule has 0 bridgehead atoms. The van der Waals surface area contributed by atoms with Gasteiger partial charge in [-0.2, -0.15) is 0 Å². The highest BCUT2D eigenvalue weighted by atomic mass is 16.5. The lowest BCUT2D eigenvalue weighted by Gasteiger charge is -2.06. The molecule has 5 nitrogen and oxygen atoms in total. The van der Waals surface area contributed by atoms with Crippen LogP contribution in [0, 0.1) is 12.3 Å². The van der Waals surface area contributed by atoms with Crippen molar-refractivity contribution in [3.63, 3.8) is 0 Å². The van der Waals surface area contributed by atoms with Gasteiger partial charge in [-0.25, -0.2) is 4.79 Å². The molecule has 0 radical (unpaired) electrons. The maximum atomic E-state index is 11.5. The van der Waals surface area contributed by atoms with Crippen molar-refractivity contribution in [1.82, 2.24) is 5.32 Å². The van der Waals surface area contributed by atoms with Crippen molar-refractivity contribution in [2.45, 2.75) is 64.7 Å². The molecular weight excluding hydrogens is 282 g/mol. The fourth-order valence-electron chi connectivity index (χ4n) is 1.88. The number of esters is 1. The molecule has 0 aromatic rings. The molecule has 0 unspecified atom stereocenters. The quantitative estimate of drug-likeness (QED) is 0.321. The fraction of sp³-hybridized carbons (Fsp3) is 0.765. The van der Waals surface area contributed by atoms with E-state index in [1.807, 2.05) is 0 Å². The van der Waals surface area contributed by atoms with Gasteiger partial charge >= 0.3 is 12.1 Å². The Bertz CT molecular complexity index is 336. The number of hydrogen-bond acceptors (Lipinski definition) is 4. The van der Waals surface area contributed by atoms with Crippen molar-refractivity contribution in [3.8, 4) is 12.3 Å². The molecule has 0 aromatic heterocycles. The topological polar surface area (TPSA) is 64.6 Å². The van der Waals surface area contributed by atoms with E-state index in [4.69, 9.17) is 11.2 Å². The summed E-state index contributed by atoms with van der Waals surface area (Å²) >= 11 is 0. The van der Waals surface area contributed by atoms with Gasteiger partial charge in [-0.3, -0.25) is 4.79 Å². The molecule has 5 heteroatoms. The average Bonchev–Trinajstić information content (AvgIpc) is 2.52. The molecule has 22 heavy (non-hydrogen) atoms. The van der Waals surface area contributed by atoms with Gasteiger partial charge in [-0.05, 0) is 19.3 Å². The standard InChI is InChI=1S/C17H29NO4/c1-3-5-6-7-11-15-21-16(19)12-9-8-10-13-18-17(20)22-14-4-2/h2H,3,5-15H2,1H3,(H,18,20). The fourth-order valence-corrected chi connectivity index (χ4v) is 1.88. The van der Waals surface area contributed by atoms with E-state index in [-0.39, 0.29) is 12.6 Å². The van der Waals surface area contributed by atoms with Gasteiger partial charge in [0, 0.05) is 13.0 Å². The van der Waals surface area contributed by atoms with Crippen molar-refractivity contribution in [2.75, 3.05) is 19.8 Å². The highest BCUT2D eigenvalue weighted by Gasteiger charge is 2.03. The van der Waals surface area contributed by atoms with Crippen LogP contribution in [0.15, 0.2) is 0 Å². The van der Waals surface area contributed by atoms with Crippen LogP contribution in [0.5, 0.6) is 0 Å². The van der Waals surface area contributed by atoms with Crippen molar-refractivity contribution in [2.24, 2.45) is 0 Å². The van der Waals surface area contributed by atoms with E-state index in [1.54, 1.807) is 0 Å². The van der Waals surface area contributed by atoms with Crippen LogP contribution in [0.2, 0.25) is 0 Å². The van der Waals surface area contributed by atoms with Gasteiger partial charge in [-0.15, -0.1) is 6.42 Å². The van der Waals surface area contributed by atoms with Gasteiger partial charge in [0.1, 0.15) is 0 Å². The van der Waals surface area contributed by atoms with E-state index in [9.17, 15) is 9.59 Å². The minimum Gasteiger partial charge on any atom is -0.466 e. The van der Waals surface area contributed by atoms with Crippen LogP contribution >= 0.6 is 0 Å². The molecule has 1 N–H and O–H groups in total. The Hall–Kier alpha value is -1.70. The van der Waals surface area contributed by atoms with Crippen LogP contribution < -0.4 is 5.32 Å². The van der Waals surface area contributed by atoms with E-state index in [1.165, 1.54) is 19.3 Å². The van der Waals surface area contributed by atoms with Crippen LogP contribution in [-0.2, 0) is 14.3 Å². The van der Waals surface area contributed by atoms with Crippen LogP contribution in [0.25, 0.3) is 0 Å². The SMILES string of the molecule is C#CCOC(=O)NCCCCCC(=O)OCCCCCCC. The lowest BCUT2D eigenvalue weighted by atomic mass is 10.2. The minimum atomic E-state index is -0.500. The first-order chi connectivity index (χ1) is 10.7. The lowest BCUT2D eigenvalue weighted by molar-refractivity contribution is -0.143. The van der Waals surface area contributed by atoms with Crippen molar-refractivity contribution < 1.29 is 19.1 Å². The summed E-state index contributed by atoms with van der Waals surface area (Å²) in [5.41, 5.74) is 0. The van der Waals surface area contributed by atoms with Gasteiger partial charge in [0.25, 0.3) is 0 Å². The van der Waals surface area contributed by atoms with Crippen LogP contribution in [0.4, 0.5) is 4.79 Å². The molecule has 0 heterocycles. The van der Waals surface area contributed by atoms with E-state index < -0.39 is 6.09 Å². The van der Waals surface area contributed by atoms with E-state index in [0.29, 0.717) is 19.6 Å². The first kappa shape index (κ1) is 20.3. The Morgan fingerprint density at radius 2 is 1.73 bits per heavy atom. The summed E-state index contributed by atoms with van der Waals surface area (Å²) in [6, 6.07) is 0. The molecular formula is C17H29NO4. The number of rotatable bonds is 13. The number of hydrogen-bond donors (Lipinski definition) is 1. The largest absolute Gasteiger partial charge is 0.466 e. The van der Waals surface area contributed by atoms with Crippen LogP contribution in [0.3, 0.4) is 0 Å². The summed E-state index contributed by atoms with van der Waals surface area (Å²) in [5.74, 6) is 2.09. The molecule has 0 rings (SSSR count). The number of ether oxygens (including phenoxy) is 2. The zero-order chi connectivity index (χ0) is 16.5. The van der Waals surface area contributed by atoms with Gasteiger partial charge in [0.15, 0.2) is 6.61 Å². The highest BCUT2D eigenvalue weighted by Crippen LogP contribution is 2.04. The zero-order valence-electron chi connectivity index (χ0n) is 13.7. The van der Waals surface area contributed by atoms with Crippen molar-refractivity contribution >= 4 is 12.1 Å². The summed E-state index contributed by atoms with van der Waals surface area (Å²) in [6.45, 7) is 3.22.